The van der Waals surface area contributed by atoms with Crippen molar-refractivity contribution in [2.45, 2.75) is 45.7 Å². The topological polar surface area (TPSA) is 70.7 Å². The molecule has 1 amide bonds. The number of aryl methyl sites for hydroxylation is 1. The lowest BCUT2D eigenvalue weighted by Gasteiger charge is -2.26. The van der Waals surface area contributed by atoms with Crippen molar-refractivity contribution in [2.24, 2.45) is 0 Å². The number of hydrogen-bond acceptors (Lipinski definition) is 3. The second-order valence-electron chi connectivity index (χ2n) is 7.81. The van der Waals surface area contributed by atoms with Crippen molar-refractivity contribution in [1.29, 1.82) is 5.26 Å². The Kier molecular flexibility index (Phi) is 5.61. The molecule has 0 saturated heterocycles. The number of nitriles is 1. The third-order valence-corrected chi connectivity index (χ3v) is 6.06. The maximum Gasteiger partial charge on any atom is 0.251 e. The Bertz CT molecular complexity index is 1140. The van der Waals surface area contributed by atoms with Crippen molar-refractivity contribution >= 4 is 17.5 Å². The fourth-order valence-electron chi connectivity index (χ4n) is 3.79. The van der Waals surface area contributed by atoms with Crippen LogP contribution in [0.2, 0.25) is 5.02 Å². The molecule has 6 heteroatoms. The van der Waals surface area contributed by atoms with E-state index in [4.69, 9.17) is 22.0 Å². The van der Waals surface area contributed by atoms with Crippen LogP contribution in [0.5, 0.6) is 0 Å². The molecule has 0 radical (unpaired) electrons. The quantitative estimate of drug-likeness (QED) is 0.632. The largest absolute Gasteiger partial charge is 0.349 e. The number of benzene rings is 2. The third kappa shape index (κ3) is 3.96. The van der Waals surface area contributed by atoms with Gasteiger partial charge in [-0.2, -0.15) is 10.4 Å². The molecule has 1 fully saturated rings. The first-order valence-electron chi connectivity index (χ1n) is 10.1. The van der Waals surface area contributed by atoms with Crippen LogP contribution in [0.4, 0.5) is 0 Å². The summed E-state index contributed by atoms with van der Waals surface area (Å²) < 4.78 is 1.96. The van der Waals surface area contributed by atoms with Crippen molar-refractivity contribution in [3.63, 3.8) is 0 Å². The van der Waals surface area contributed by atoms with E-state index in [2.05, 4.69) is 11.4 Å². The van der Waals surface area contributed by atoms with E-state index in [1.54, 1.807) is 6.07 Å². The molecule has 152 valence electrons. The van der Waals surface area contributed by atoms with E-state index in [0.29, 0.717) is 28.7 Å². The minimum atomic E-state index is -0.00246. The number of nitrogens with one attached hydrogen (secondary N) is 1. The lowest BCUT2D eigenvalue weighted by molar-refractivity contribution is 0.0917. The first-order chi connectivity index (χ1) is 14.5. The summed E-state index contributed by atoms with van der Waals surface area (Å²) in [6.45, 7) is 4.61. The van der Waals surface area contributed by atoms with Gasteiger partial charge in [-0.1, -0.05) is 29.8 Å². The minimum Gasteiger partial charge on any atom is -0.349 e. The van der Waals surface area contributed by atoms with Crippen molar-refractivity contribution in [3.05, 3.63) is 75.6 Å². The molecule has 30 heavy (non-hydrogen) atoms. The highest BCUT2D eigenvalue weighted by Gasteiger charge is 2.20. The van der Waals surface area contributed by atoms with Crippen LogP contribution in [0, 0.1) is 25.2 Å². The summed E-state index contributed by atoms with van der Waals surface area (Å²) in [6, 6.07) is 15.6. The summed E-state index contributed by atoms with van der Waals surface area (Å²) in [5, 5.41) is 17.3. The molecule has 0 aliphatic heterocycles. The highest BCUT2D eigenvalue weighted by Crippen LogP contribution is 2.30. The second-order valence-corrected chi connectivity index (χ2v) is 8.22. The Morgan fingerprint density at radius 2 is 1.97 bits per heavy atom. The Hall–Kier alpha value is -3.10. The van der Waals surface area contributed by atoms with Gasteiger partial charge in [0.15, 0.2) is 0 Å². The molecular weight excluding hydrogens is 396 g/mol. The Labute approximate surface area is 181 Å². The number of rotatable bonds is 5. The van der Waals surface area contributed by atoms with Gasteiger partial charge < -0.3 is 5.32 Å². The molecule has 0 atom stereocenters. The Morgan fingerprint density at radius 1 is 1.23 bits per heavy atom. The van der Waals surface area contributed by atoms with Crippen molar-refractivity contribution in [3.8, 4) is 17.2 Å². The zero-order chi connectivity index (χ0) is 21.3. The number of amides is 1. The Balaban J connectivity index is 1.53. The van der Waals surface area contributed by atoms with E-state index in [0.717, 1.165) is 40.9 Å². The number of halogens is 1. The molecule has 2 aromatic carbocycles. The molecule has 1 saturated carbocycles. The van der Waals surface area contributed by atoms with Gasteiger partial charge in [0.25, 0.3) is 5.91 Å². The standard InChI is InChI=1S/C24H23ClN4O/c1-15-23(19-10-11-20(13-26)22(25)12-19)16(2)29(28-15)14-17-6-8-18(9-7-17)24(30)27-21-4-3-5-21/h6-12,21H,3-5,14H2,1-2H3,(H,27,30). The SMILES string of the molecule is Cc1nn(Cc2ccc(C(=O)NC3CCC3)cc2)c(C)c1-c1ccc(C#N)c(Cl)c1. The normalized spacial score (nSPS) is 13.5. The predicted molar refractivity (Wildman–Crippen MR) is 118 cm³/mol. The van der Waals surface area contributed by atoms with Gasteiger partial charge in [-0.15, -0.1) is 0 Å². The molecule has 3 aromatic rings. The molecule has 1 aromatic heterocycles. The molecule has 1 aliphatic rings. The summed E-state index contributed by atoms with van der Waals surface area (Å²) in [4.78, 5) is 12.3. The molecular formula is C24H23ClN4O. The van der Waals surface area contributed by atoms with Gasteiger partial charge in [0.05, 0.1) is 22.8 Å². The van der Waals surface area contributed by atoms with E-state index in [1.165, 1.54) is 6.42 Å². The smallest absolute Gasteiger partial charge is 0.251 e. The van der Waals surface area contributed by atoms with Crippen molar-refractivity contribution in [2.75, 3.05) is 0 Å². The summed E-state index contributed by atoms with van der Waals surface area (Å²) >= 11 is 6.22. The van der Waals surface area contributed by atoms with Gasteiger partial charge in [0.2, 0.25) is 0 Å². The fraction of sp³-hybridized carbons (Fsp3) is 0.292. The van der Waals surface area contributed by atoms with Crippen molar-refractivity contribution < 1.29 is 4.79 Å². The monoisotopic (exact) mass is 418 g/mol. The number of carbonyl (C=O) groups is 1. The van der Waals surface area contributed by atoms with Crippen LogP contribution in [0.3, 0.4) is 0 Å². The molecule has 5 nitrogen and oxygen atoms in total. The van der Waals surface area contributed by atoms with Gasteiger partial charge in [0, 0.05) is 22.9 Å². The van der Waals surface area contributed by atoms with Crippen LogP contribution >= 0.6 is 11.6 Å². The number of nitrogens with zero attached hydrogens (tertiary/aromatic N) is 3. The lowest BCUT2D eigenvalue weighted by Crippen LogP contribution is -2.39. The summed E-state index contributed by atoms with van der Waals surface area (Å²) in [5.74, 6) is -0.00246. The van der Waals surface area contributed by atoms with E-state index in [9.17, 15) is 4.79 Å². The van der Waals surface area contributed by atoms with Gasteiger partial charge in [-0.05, 0) is 68.5 Å². The maximum absolute atomic E-state index is 12.3. The fourth-order valence-corrected chi connectivity index (χ4v) is 4.01. The summed E-state index contributed by atoms with van der Waals surface area (Å²) in [5.41, 5.74) is 6.13. The highest BCUT2D eigenvalue weighted by atomic mass is 35.5. The average molecular weight is 419 g/mol. The van der Waals surface area contributed by atoms with Crippen molar-refractivity contribution in [1.82, 2.24) is 15.1 Å². The summed E-state index contributed by atoms with van der Waals surface area (Å²) in [6.07, 6.45) is 3.35. The minimum absolute atomic E-state index is 0.00246. The van der Waals surface area contributed by atoms with E-state index in [-0.39, 0.29) is 5.91 Å². The highest BCUT2D eigenvalue weighted by molar-refractivity contribution is 6.32. The first kappa shape index (κ1) is 20.2. The van der Waals surface area contributed by atoms with Gasteiger partial charge in [-0.3, -0.25) is 9.48 Å². The molecule has 1 heterocycles. The first-order valence-corrected chi connectivity index (χ1v) is 10.5. The van der Waals surface area contributed by atoms with Gasteiger partial charge in [-0.25, -0.2) is 0 Å². The predicted octanol–water partition coefficient (Wildman–Crippen LogP) is 5.02. The van der Waals surface area contributed by atoms with Crippen LogP contribution in [0.15, 0.2) is 42.5 Å². The van der Waals surface area contributed by atoms with E-state index >= 15 is 0 Å². The van der Waals surface area contributed by atoms with Crippen LogP contribution in [-0.2, 0) is 6.54 Å². The van der Waals surface area contributed by atoms with Crippen LogP contribution in [0.25, 0.3) is 11.1 Å². The maximum atomic E-state index is 12.3. The van der Waals surface area contributed by atoms with E-state index < -0.39 is 0 Å². The molecule has 0 bridgehead atoms. The van der Waals surface area contributed by atoms with Crippen LogP contribution in [0.1, 0.15) is 52.1 Å². The summed E-state index contributed by atoms with van der Waals surface area (Å²) in [7, 11) is 0. The van der Waals surface area contributed by atoms with Crippen LogP contribution < -0.4 is 5.32 Å². The molecule has 4 rings (SSSR count). The number of hydrogen-bond donors (Lipinski definition) is 1. The molecule has 0 unspecified atom stereocenters. The Morgan fingerprint density at radius 3 is 2.57 bits per heavy atom. The second kappa shape index (κ2) is 8.33. The third-order valence-electron chi connectivity index (χ3n) is 5.75. The van der Waals surface area contributed by atoms with Crippen LogP contribution in [-0.4, -0.2) is 21.7 Å². The molecule has 0 spiro atoms. The average Bonchev–Trinajstić information content (AvgIpc) is 2.98. The van der Waals surface area contributed by atoms with E-state index in [1.807, 2.05) is 54.9 Å². The number of aromatic nitrogens is 2. The zero-order valence-corrected chi connectivity index (χ0v) is 17.8. The molecule has 1 aliphatic carbocycles. The zero-order valence-electron chi connectivity index (χ0n) is 17.1. The number of carbonyl (C=O) groups excluding carboxylic acids is 1. The van der Waals surface area contributed by atoms with Gasteiger partial charge >= 0.3 is 0 Å². The molecule has 1 N–H and O–H groups in total. The van der Waals surface area contributed by atoms with Gasteiger partial charge in [0.1, 0.15) is 6.07 Å². The lowest BCUT2D eigenvalue weighted by atomic mass is 9.93.